The standard InChI is InChI=1S/C22H19F3N4O2/c1-13-5-3-4-6-17(13)20(30)27-18-11-26-29-14(2)12-28(21(31)19(18)29)16-9-7-15(8-10-16)22(23,24)25/h3-11,14H,12H2,1-2H3,(H,27,30)/t14-/m0/s1. The van der Waals surface area contributed by atoms with Crippen LogP contribution < -0.4 is 10.2 Å². The number of hydrogen-bond donors (Lipinski definition) is 1. The molecule has 3 aromatic rings. The number of carbonyl (C=O) groups is 2. The van der Waals surface area contributed by atoms with E-state index in [1.165, 1.54) is 27.9 Å². The van der Waals surface area contributed by atoms with E-state index in [0.29, 0.717) is 11.3 Å². The SMILES string of the molecule is Cc1ccccc1C(=O)Nc1cnn2c1C(=O)N(c1ccc(C(F)(F)F)cc1)C[C@@H]2C. The average Bonchev–Trinajstić information content (AvgIpc) is 3.15. The van der Waals surface area contributed by atoms with Crippen molar-refractivity contribution in [3.63, 3.8) is 0 Å². The molecule has 0 radical (unpaired) electrons. The van der Waals surface area contributed by atoms with Gasteiger partial charge in [-0.1, -0.05) is 18.2 Å². The number of aromatic nitrogens is 2. The number of halogens is 3. The number of fused-ring (bicyclic) bond motifs is 1. The maximum atomic E-state index is 13.2. The fraction of sp³-hybridized carbons (Fsp3) is 0.227. The summed E-state index contributed by atoms with van der Waals surface area (Å²) in [5, 5.41) is 6.98. The lowest BCUT2D eigenvalue weighted by Crippen LogP contribution is -2.43. The number of alkyl halides is 3. The Bertz CT molecular complexity index is 1150. The Morgan fingerprint density at radius 1 is 1.13 bits per heavy atom. The van der Waals surface area contributed by atoms with Crippen molar-refractivity contribution in [3.8, 4) is 0 Å². The third kappa shape index (κ3) is 3.78. The van der Waals surface area contributed by atoms with Gasteiger partial charge in [0.05, 0.1) is 23.5 Å². The minimum atomic E-state index is -4.45. The Labute approximate surface area is 176 Å². The molecule has 0 fully saturated rings. The molecule has 0 aliphatic carbocycles. The molecule has 0 saturated heterocycles. The number of aryl methyl sites for hydroxylation is 1. The molecule has 0 spiro atoms. The molecule has 160 valence electrons. The summed E-state index contributed by atoms with van der Waals surface area (Å²) in [5.74, 6) is -0.823. The van der Waals surface area contributed by atoms with Crippen LogP contribution in [0, 0.1) is 6.92 Å². The van der Waals surface area contributed by atoms with Crippen LogP contribution in [0.25, 0.3) is 0 Å². The number of hydrogen-bond acceptors (Lipinski definition) is 3. The monoisotopic (exact) mass is 428 g/mol. The molecule has 2 aromatic carbocycles. The molecule has 0 unspecified atom stereocenters. The lowest BCUT2D eigenvalue weighted by atomic mass is 10.1. The van der Waals surface area contributed by atoms with Crippen molar-refractivity contribution < 1.29 is 22.8 Å². The molecule has 1 aliphatic rings. The molecular weight excluding hydrogens is 409 g/mol. The highest BCUT2D eigenvalue weighted by molar-refractivity contribution is 6.13. The van der Waals surface area contributed by atoms with Crippen LogP contribution in [0.15, 0.2) is 54.7 Å². The molecule has 6 nitrogen and oxygen atoms in total. The molecule has 2 heterocycles. The molecule has 0 bridgehead atoms. The highest BCUT2D eigenvalue weighted by Crippen LogP contribution is 2.33. The molecule has 0 saturated carbocycles. The summed E-state index contributed by atoms with van der Waals surface area (Å²) in [7, 11) is 0. The summed E-state index contributed by atoms with van der Waals surface area (Å²) in [6, 6.07) is 11.2. The van der Waals surface area contributed by atoms with Gasteiger partial charge in [0.15, 0.2) is 5.69 Å². The molecule has 4 rings (SSSR count). The molecule has 1 aromatic heterocycles. The largest absolute Gasteiger partial charge is 0.416 e. The lowest BCUT2D eigenvalue weighted by molar-refractivity contribution is -0.137. The molecular formula is C22H19F3N4O2. The zero-order valence-corrected chi connectivity index (χ0v) is 16.8. The molecule has 31 heavy (non-hydrogen) atoms. The Hall–Kier alpha value is -3.62. The van der Waals surface area contributed by atoms with E-state index in [2.05, 4.69) is 10.4 Å². The summed E-state index contributed by atoms with van der Waals surface area (Å²) in [6.07, 6.45) is -3.04. The van der Waals surface area contributed by atoms with E-state index in [1.807, 2.05) is 26.0 Å². The van der Waals surface area contributed by atoms with Crippen LogP contribution in [0.1, 0.15) is 44.9 Å². The third-order valence-electron chi connectivity index (χ3n) is 5.25. The summed E-state index contributed by atoms with van der Waals surface area (Å²) in [4.78, 5) is 27.3. The second kappa shape index (κ2) is 7.57. The number of carbonyl (C=O) groups excluding carboxylic acids is 2. The van der Waals surface area contributed by atoms with Crippen LogP contribution in [-0.4, -0.2) is 28.1 Å². The minimum Gasteiger partial charge on any atom is -0.319 e. The van der Waals surface area contributed by atoms with Crippen LogP contribution in [-0.2, 0) is 6.18 Å². The van der Waals surface area contributed by atoms with Gasteiger partial charge in [0.2, 0.25) is 0 Å². The van der Waals surface area contributed by atoms with E-state index in [0.717, 1.165) is 17.7 Å². The molecule has 1 N–H and O–H groups in total. The Balaban J connectivity index is 1.64. The average molecular weight is 428 g/mol. The Kier molecular flexibility index (Phi) is 5.04. The van der Waals surface area contributed by atoms with E-state index >= 15 is 0 Å². The second-order valence-corrected chi connectivity index (χ2v) is 7.43. The number of nitrogens with zero attached hydrogens (tertiary/aromatic N) is 3. The topological polar surface area (TPSA) is 67.2 Å². The molecule has 9 heteroatoms. The second-order valence-electron chi connectivity index (χ2n) is 7.43. The quantitative estimate of drug-likeness (QED) is 0.659. The Morgan fingerprint density at radius 2 is 1.81 bits per heavy atom. The number of amides is 2. The van der Waals surface area contributed by atoms with E-state index in [4.69, 9.17) is 0 Å². The van der Waals surface area contributed by atoms with E-state index < -0.39 is 17.6 Å². The summed E-state index contributed by atoms with van der Waals surface area (Å²) < 4.78 is 40.1. The maximum absolute atomic E-state index is 13.2. The highest BCUT2D eigenvalue weighted by Gasteiger charge is 2.35. The smallest absolute Gasteiger partial charge is 0.319 e. The molecule has 1 atom stereocenters. The number of nitrogens with one attached hydrogen (secondary N) is 1. The predicted molar refractivity (Wildman–Crippen MR) is 109 cm³/mol. The third-order valence-corrected chi connectivity index (χ3v) is 5.25. The summed E-state index contributed by atoms with van der Waals surface area (Å²) in [6.45, 7) is 3.89. The van der Waals surface area contributed by atoms with Crippen LogP contribution in [0.4, 0.5) is 24.5 Å². The first kappa shape index (κ1) is 20.6. The molecule has 2 amide bonds. The molecule has 1 aliphatic heterocycles. The van der Waals surface area contributed by atoms with Gasteiger partial charge in [0.1, 0.15) is 0 Å². The lowest BCUT2D eigenvalue weighted by Gasteiger charge is -2.32. The first-order valence-corrected chi connectivity index (χ1v) is 9.60. The van der Waals surface area contributed by atoms with Gasteiger partial charge in [-0.3, -0.25) is 14.3 Å². The van der Waals surface area contributed by atoms with Gasteiger partial charge in [0.25, 0.3) is 11.8 Å². The zero-order chi connectivity index (χ0) is 22.3. The van der Waals surface area contributed by atoms with Crippen LogP contribution in [0.2, 0.25) is 0 Å². The van der Waals surface area contributed by atoms with Crippen molar-refractivity contribution in [3.05, 3.63) is 77.1 Å². The maximum Gasteiger partial charge on any atom is 0.416 e. The van der Waals surface area contributed by atoms with Gasteiger partial charge in [0, 0.05) is 17.8 Å². The van der Waals surface area contributed by atoms with Gasteiger partial charge in [-0.15, -0.1) is 0 Å². The van der Waals surface area contributed by atoms with Crippen molar-refractivity contribution in [2.45, 2.75) is 26.1 Å². The van der Waals surface area contributed by atoms with Crippen molar-refractivity contribution in [1.82, 2.24) is 9.78 Å². The van der Waals surface area contributed by atoms with Crippen molar-refractivity contribution in [1.29, 1.82) is 0 Å². The number of benzene rings is 2. The predicted octanol–water partition coefficient (Wildman–Crippen LogP) is 4.68. The van der Waals surface area contributed by atoms with Crippen molar-refractivity contribution in [2.24, 2.45) is 0 Å². The van der Waals surface area contributed by atoms with Crippen molar-refractivity contribution >= 4 is 23.2 Å². The van der Waals surface area contributed by atoms with Crippen LogP contribution >= 0.6 is 0 Å². The fourth-order valence-corrected chi connectivity index (χ4v) is 3.62. The van der Waals surface area contributed by atoms with Gasteiger partial charge in [-0.2, -0.15) is 18.3 Å². The van der Waals surface area contributed by atoms with E-state index in [9.17, 15) is 22.8 Å². The number of rotatable bonds is 3. The van der Waals surface area contributed by atoms with Gasteiger partial charge in [-0.05, 0) is 49.7 Å². The van der Waals surface area contributed by atoms with Gasteiger partial charge in [-0.25, -0.2) is 0 Å². The first-order chi connectivity index (χ1) is 14.7. The zero-order valence-electron chi connectivity index (χ0n) is 16.8. The van der Waals surface area contributed by atoms with Crippen LogP contribution in [0.3, 0.4) is 0 Å². The summed E-state index contributed by atoms with van der Waals surface area (Å²) in [5.41, 5.74) is 1.24. The summed E-state index contributed by atoms with van der Waals surface area (Å²) >= 11 is 0. The van der Waals surface area contributed by atoms with E-state index in [-0.39, 0.29) is 29.9 Å². The highest BCUT2D eigenvalue weighted by atomic mass is 19.4. The fourth-order valence-electron chi connectivity index (χ4n) is 3.62. The van der Waals surface area contributed by atoms with E-state index in [1.54, 1.807) is 12.1 Å². The Morgan fingerprint density at radius 3 is 2.45 bits per heavy atom. The normalized spacial score (nSPS) is 16.2. The van der Waals surface area contributed by atoms with Crippen molar-refractivity contribution in [2.75, 3.05) is 16.8 Å². The van der Waals surface area contributed by atoms with Crippen LogP contribution in [0.5, 0.6) is 0 Å². The minimum absolute atomic E-state index is 0.181. The first-order valence-electron chi connectivity index (χ1n) is 9.60. The number of anilines is 2. The van der Waals surface area contributed by atoms with Gasteiger partial charge < -0.3 is 10.2 Å². The van der Waals surface area contributed by atoms with Gasteiger partial charge >= 0.3 is 6.18 Å².